The summed E-state index contributed by atoms with van der Waals surface area (Å²) < 4.78 is 0. The first-order valence-corrected chi connectivity index (χ1v) is 6.56. The van der Waals surface area contributed by atoms with Crippen LogP contribution in [0.15, 0.2) is 42.3 Å². The summed E-state index contributed by atoms with van der Waals surface area (Å²) in [4.78, 5) is 1.22. The Hall–Kier alpha value is -1.84. The molecule has 1 aromatic heterocycles. The van der Waals surface area contributed by atoms with Gasteiger partial charge in [0.15, 0.2) is 0 Å². The van der Waals surface area contributed by atoms with E-state index in [2.05, 4.69) is 30.2 Å². The molecule has 2 rings (SSSR count). The average Bonchev–Trinajstić information content (AvgIpc) is 2.88. The van der Waals surface area contributed by atoms with E-state index in [9.17, 15) is 0 Å². The van der Waals surface area contributed by atoms with Gasteiger partial charge in [-0.15, -0.1) is 11.3 Å². The van der Waals surface area contributed by atoms with Crippen LogP contribution in [0.25, 0.3) is 18.2 Å². The first kappa shape index (κ1) is 12.6. The van der Waals surface area contributed by atoms with E-state index in [1.165, 1.54) is 4.88 Å². The highest BCUT2D eigenvalue weighted by Gasteiger charge is 2.05. The van der Waals surface area contributed by atoms with Crippen LogP contribution in [0.4, 0.5) is 5.69 Å². The van der Waals surface area contributed by atoms with Crippen LogP contribution in [0.1, 0.15) is 16.0 Å². The van der Waals surface area contributed by atoms with Crippen molar-refractivity contribution in [3.05, 3.63) is 58.3 Å². The van der Waals surface area contributed by atoms with Crippen LogP contribution in [-0.4, -0.2) is 7.05 Å². The zero-order valence-electron chi connectivity index (χ0n) is 10.3. The molecule has 2 N–H and O–H groups in total. The third-order valence-corrected chi connectivity index (χ3v) is 3.51. The highest BCUT2D eigenvalue weighted by atomic mass is 32.1. The fourth-order valence-corrected chi connectivity index (χ4v) is 2.41. The number of nitrogens with two attached hydrogens (primary N) is 1. The predicted octanol–water partition coefficient (Wildman–Crippen LogP) is 3.87. The second-order valence-electron chi connectivity index (χ2n) is 3.94. The second-order valence-corrected chi connectivity index (χ2v) is 4.92. The molecule has 18 heavy (non-hydrogen) atoms. The minimum atomic E-state index is 0.986. The normalized spacial score (nSPS) is 10.8. The Morgan fingerprint density at radius 2 is 2.06 bits per heavy atom. The van der Waals surface area contributed by atoms with Crippen molar-refractivity contribution < 1.29 is 0 Å². The van der Waals surface area contributed by atoms with Gasteiger partial charge in [0.1, 0.15) is 0 Å². The van der Waals surface area contributed by atoms with Crippen molar-refractivity contribution in [1.29, 1.82) is 0 Å². The van der Waals surface area contributed by atoms with Crippen LogP contribution in [-0.2, 0) is 0 Å². The van der Waals surface area contributed by atoms with E-state index < -0.39 is 0 Å². The van der Waals surface area contributed by atoms with Gasteiger partial charge in [0.05, 0.1) is 5.69 Å². The van der Waals surface area contributed by atoms with E-state index in [0.717, 1.165) is 16.8 Å². The van der Waals surface area contributed by atoms with Gasteiger partial charge in [-0.25, -0.2) is 5.84 Å². The van der Waals surface area contributed by atoms with Gasteiger partial charge in [-0.1, -0.05) is 36.9 Å². The molecule has 1 aromatic carbocycles. The van der Waals surface area contributed by atoms with Crippen LogP contribution in [0.2, 0.25) is 0 Å². The van der Waals surface area contributed by atoms with Crippen molar-refractivity contribution in [3.63, 3.8) is 0 Å². The molecule has 0 spiro atoms. The molecule has 0 saturated heterocycles. The van der Waals surface area contributed by atoms with Gasteiger partial charge >= 0.3 is 0 Å². The molecule has 0 saturated carbocycles. The van der Waals surface area contributed by atoms with Crippen molar-refractivity contribution in [2.45, 2.75) is 0 Å². The zero-order valence-corrected chi connectivity index (χ0v) is 11.2. The van der Waals surface area contributed by atoms with E-state index in [0.29, 0.717) is 0 Å². The minimum Gasteiger partial charge on any atom is -0.314 e. The quantitative estimate of drug-likeness (QED) is 0.664. The van der Waals surface area contributed by atoms with E-state index in [1.54, 1.807) is 16.3 Å². The van der Waals surface area contributed by atoms with E-state index >= 15 is 0 Å². The number of rotatable bonds is 4. The number of hydrogen-bond acceptors (Lipinski definition) is 3. The molecule has 2 nitrogen and oxygen atoms in total. The summed E-state index contributed by atoms with van der Waals surface area (Å²) in [6.45, 7) is 3.85. The molecule has 0 aliphatic rings. The third-order valence-electron chi connectivity index (χ3n) is 2.67. The number of hydrogen-bond donors (Lipinski definition) is 1. The van der Waals surface area contributed by atoms with Crippen molar-refractivity contribution >= 4 is 35.3 Å². The Balaban J connectivity index is 2.44. The van der Waals surface area contributed by atoms with Crippen molar-refractivity contribution in [2.24, 2.45) is 5.84 Å². The van der Waals surface area contributed by atoms with Gasteiger partial charge < -0.3 is 5.01 Å². The van der Waals surface area contributed by atoms with E-state index in [-0.39, 0.29) is 0 Å². The van der Waals surface area contributed by atoms with Crippen molar-refractivity contribution in [3.8, 4) is 0 Å². The number of benzene rings is 1. The topological polar surface area (TPSA) is 29.3 Å². The zero-order chi connectivity index (χ0) is 13.0. The van der Waals surface area contributed by atoms with Crippen LogP contribution in [0.5, 0.6) is 0 Å². The lowest BCUT2D eigenvalue weighted by Gasteiger charge is -2.16. The summed E-state index contributed by atoms with van der Waals surface area (Å²) in [5.74, 6) is 5.85. The third kappa shape index (κ3) is 2.70. The van der Waals surface area contributed by atoms with Gasteiger partial charge in [-0.05, 0) is 29.2 Å². The maximum Gasteiger partial charge on any atom is 0.0592 e. The molecule has 0 atom stereocenters. The lowest BCUT2D eigenvalue weighted by Crippen LogP contribution is -2.25. The SMILES string of the molecule is C=Cc1cccc(N(C)N)c1/C=C/c1cccs1. The fourth-order valence-electron chi connectivity index (χ4n) is 1.79. The fraction of sp³-hybridized carbons (Fsp3) is 0.0667. The summed E-state index contributed by atoms with van der Waals surface area (Å²) in [5, 5.41) is 3.69. The average molecular weight is 256 g/mol. The molecule has 0 amide bonds. The molecule has 0 radical (unpaired) electrons. The van der Waals surface area contributed by atoms with Gasteiger partial charge in [0.2, 0.25) is 0 Å². The number of hydrazine groups is 1. The largest absolute Gasteiger partial charge is 0.314 e. The molecule has 2 aromatic rings. The summed E-state index contributed by atoms with van der Waals surface area (Å²) in [7, 11) is 1.84. The Kier molecular flexibility index (Phi) is 3.97. The molecule has 0 fully saturated rings. The maximum absolute atomic E-state index is 5.85. The van der Waals surface area contributed by atoms with Gasteiger partial charge in [0.25, 0.3) is 0 Å². The molecule has 0 unspecified atom stereocenters. The molecule has 0 bridgehead atoms. The van der Waals surface area contributed by atoms with Gasteiger partial charge in [-0.2, -0.15) is 0 Å². The summed E-state index contributed by atoms with van der Waals surface area (Å²) in [6.07, 6.45) is 6.03. The Morgan fingerprint density at radius 3 is 2.67 bits per heavy atom. The lowest BCUT2D eigenvalue weighted by atomic mass is 10.0. The molecule has 3 heteroatoms. The van der Waals surface area contributed by atoms with Gasteiger partial charge in [0, 0.05) is 17.5 Å². The molecule has 0 aliphatic carbocycles. The van der Waals surface area contributed by atoms with Crippen molar-refractivity contribution in [1.82, 2.24) is 0 Å². The Morgan fingerprint density at radius 1 is 1.22 bits per heavy atom. The summed E-state index contributed by atoms with van der Waals surface area (Å²) in [6, 6.07) is 10.1. The Labute approximate surface area is 112 Å². The second kappa shape index (κ2) is 5.67. The first-order chi connectivity index (χ1) is 8.72. The highest BCUT2D eigenvalue weighted by Crippen LogP contribution is 2.25. The van der Waals surface area contributed by atoms with Crippen LogP contribution in [0, 0.1) is 0 Å². The first-order valence-electron chi connectivity index (χ1n) is 5.68. The number of anilines is 1. The summed E-state index contributed by atoms with van der Waals surface area (Å²) >= 11 is 1.71. The molecular weight excluding hydrogens is 240 g/mol. The maximum atomic E-state index is 5.85. The van der Waals surface area contributed by atoms with Crippen LogP contribution < -0.4 is 10.9 Å². The monoisotopic (exact) mass is 256 g/mol. The summed E-state index contributed by atoms with van der Waals surface area (Å²) in [5.41, 5.74) is 3.16. The predicted molar refractivity (Wildman–Crippen MR) is 82.4 cm³/mol. The van der Waals surface area contributed by atoms with Gasteiger partial charge in [-0.3, -0.25) is 0 Å². The molecular formula is C15H16N2S. The molecule has 1 heterocycles. The smallest absolute Gasteiger partial charge is 0.0592 e. The molecule has 0 aliphatic heterocycles. The number of thiophene rings is 1. The minimum absolute atomic E-state index is 0.986. The standard InChI is InChI=1S/C15H16N2S/c1-3-12-6-4-8-15(17(2)16)14(12)10-9-13-7-5-11-18-13/h3-11H,1,16H2,2H3/b10-9+. The lowest BCUT2D eigenvalue weighted by molar-refractivity contribution is 1.02. The van der Waals surface area contributed by atoms with E-state index in [1.807, 2.05) is 37.4 Å². The van der Waals surface area contributed by atoms with Crippen molar-refractivity contribution in [2.75, 3.05) is 12.1 Å². The van der Waals surface area contributed by atoms with E-state index in [4.69, 9.17) is 5.84 Å². The molecule has 92 valence electrons. The van der Waals surface area contributed by atoms with Crippen LogP contribution in [0.3, 0.4) is 0 Å². The van der Waals surface area contributed by atoms with Crippen LogP contribution >= 0.6 is 11.3 Å². The highest BCUT2D eigenvalue weighted by molar-refractivity contribution is 7.10. The Bertz CT molecular complexity index is 554. The number of nitrogens with zero attached hydrogens (tertiary/aromatic N) is 1.